The summed E-state index contributed by atoms with van der Waals surface area (Å²) in [5.41, 5.74) is 1.23. The highest BCUT2D eigenvalue weighted by Crippen LogP contribution is 2.23. The third-order valence-electron chi connectivity index (χ3n) is 4.59. The van der Waals surface area contributed by atoms with E-state index in [1.54, 1.807) is 14.2 Å². The van der Waals surface area contributed by atoms with Crippen molar-refractivity contribution in [1.82, 2.24) is 9.97 Å². The summed E-state index contributed by atoms with van der Waals surface area (Å²) in [5, 5.41) is 0. The van der Waals surface area contributed by atoms with E-state index in [0.717, 1.165) is 22.6 Å². The zero-order valence-electron chi connectivity index (χ0n) is 19.0. The lowest BCUT2D eigenvalue weighted by molar-refractivity contribution is 0.0599. The fraction of sp³-hybridized carbons (Fsp3) is 0.292. The minimum absolute atomic E-state index is 0.137. The van der Waals surface area contributed by atoms with Crippen molar-refractivity contribution in [2.45, 2.75) is 26.9 Å². The lowest BCUT2D eigenvalue weighted by Crippen LogP contribution is -2.30. The fourth-order valence-electron chi connectivity index (χ4n) is 3.02. The molecule has 0 bridgehead atoms. The Bertz CT molecular complexity index is 997. The Morgan fingerprint density at radius 2 is 1.34 bits per heavy atom. The maximum Gasteiger partial charge on any atom is 0.347 e. The minimum Gasteiger partial charge on any atom is -0.497 e. The van der Waals surface area contributed by atoms with Crippen molar-refractivity contribution >= 4 is 11.8 Å². The fourth-order valence-corrected chi connectivity index (χ4v) is 3.02. The summed E-state index contributed by atoms with van der Waals surface area (Å²) in [6, 6.07) is 15.1. The molecule has 3 rings (SSSR count). The summed E-state index contributed by atoms with van der Waals surface area (Å²) in [6.45, 7) is 4.83. The number of aromatic nitrogens is 2. The van der Waals surface area contributed by atoms with Crippen molar-refractivity contribution in [2.24, 2.45) is 0 Å². The van der Waals surface area contributed by atoms with Crippen LogP contribution in [0, 0.1) is 0 Å². The molecule has 0 unspecified atom stereocenters. The monoisotopic (exact) mass is 439 g/mol. The molecule has 0 aliphatic rings. The lowest BCUT2D eigenvalue weighted by atomic mass is 10.1. The molecule has 1 heterocycles. The molecule has 3 aromatic rings. The first-order chi connectivity index (χ1) is 15.5. The lowest BCUT2D eigenvalue weighted by Gasteiger charge is -2.25. The van der Waals surface area contributed by atoms with Crippen LogP contribution >= 0.6 is 0 Å². The number of benzene rings is 2. The van der Waals surface area contributed by atoms with E-state index < -0.39 is 11.5 Å². The number of carbonyl (C=O) groups excluding carboxylic acids is 1. The molecule has 32 heavy (non-hydrogen) atoms. The van der Waals surface area contributed by atoms with Crippen molar-refractivity contribution in [3.63, 3.8) is 0 Å². The number of ether oxygens (including phenoxy) is 3. The third kappa shape index (κ3) is 6.10. The number of nitrogens with zero attached hydrogens (tertiary/aromatic N) is 2. The van der Waals surface area contributed by atoms with Crippen LogP contribution in [0.1, 0.15) is 35.3 Å². The second kappa shape index (κ2) is 12.1. The van der Waals surface area contributed by atoms with Gasteiger partial charge in [-0.25, -0.2) is 9.78 Å². The van der Waals surface area contributed by atoms with Gasteiger partial charge in [0, 0.05) is 13.1 Å². The van der Waals surface area contributed by atoms with E-state index >= 15 is 0 Å². The first-order valence-electron chi connectivity index (χ1n) is 10.2. The second-order valence-corrected chi connectivity index (χ2v) is 6.47. The molecule has 170 valence electrons. The maximum atomic E-state index is 12.4. The van der Waals surface area contributed by atoms with Crippen LogP contribution in [-0.2, 0) is 17.8 Å². The van der Waals surface area contributed by atoms with E-state index in [0.29, 0.717) is 13.1 Å². The Morgan fingerprint density at radius 1 is 0.875 bits per heavy atom. The zero-order valence-corrected chi connectivity index (χ0v) is 19.0. The maximum absolute atomic E-state index is 12.4. The summed E-state index contributed by atoms with van der Waals surface area (Å²) >= 11 is 0. The molecule has 0 aliphatic heterocycles. The van der Waals surface area contributed by atoms with Gasteiger partial charge in [0.1, 0.15) is 11.5 Å². The summed E-state index contributed by atoms with van der Waals surface area (Å²) in [4.78, 5) is 33.2. The van der Waals surface area contributed by atoms with Crippen LogP contribution in [0.4, 0.5) is 5.82 Å². The van der Waals surface area contributed by atoms with Gasteiger partial charge in [-0.05, 0) is 35.4 Å². The van der Waals surface area contributed by atoms with Crippen LogP contribution in [0.5, 0.6) is 11.5 Å². The number of hydrogen-bond donors (Lipinski definition) is 1. The van der Waals surface area contributed by atoms with Gasteiger partial charge in [-0.3, -0.25) is 4.79 Å². The number of H-pyrrole nitrogens is 1. The van der Waals surface area contributed by atoms with Crippen LogP contribution in [-0.4, -0.2) is 37.3 Å². The molecule has 0 atom stereocenters. The molecular formula is C24H29N3O5. The third-order valence-corrected chi connectivity index (χ3v) is 4.59. The van der Waals surface area contributed by atoms with Crippen molar-refractivity contribution in [3.05, 3.63) is 81.9 Å². The van der Waals surface area contributed by atoms with E-state index in [-0.39, 0.29) is 11.4 Å². The number of esters is 1. The van der Waals surface area contributed by atoms with E-state index in [1.165, 1.54) is 13.4 Å². The molecule has 2 aromatic carbocycles. The molecule has 0 amide bonds. The number of rotatable bonds is 8. The van der Waals surface area contributed by atoms with E-state index in [2.05, 4.69) is 9.97 Å². The highest BCUT2D eigenvalue weighted by atomic mass is 16.5. The molecule has 0 fully saturated rings. The number of carbonyl (C=O) groups is 1. The smallest absolute Gasteiger partial charge is 0.347 e. The van der Waals surface area contributed by atoms with E-state index in [9.17, 15) is 9.59 Å². The SMILES string of the molecule is CC.COC(=O)c1c(N(Cc2ccc(OC)cc2)Cc2ccc(OC)cc2)nc[nH]c1=O. The highest BCUT2D eigenvalue weighted by Gasteiger charge is 2.23. The van der Waals surface area contributed by atoms with Gasteiger partial charge in [0.05, 0.1) is 27.7 Å². The molecule has 8 nitrogen and oxygen atoms in total. The van der Waals surface area contributed by atoms with Gasteiger partial charge >= 0.3 is 5.97 Å². The molecule has 0 radical (unpaired) electrons. The Morgan fingerprint density at radius 3 is 1.75 bits per heavy atom. The molecule has 1 aromatic heterocycles. The Balaban J connectivity index is 0.00000176. The van der Waals surface area contributed by atoms with Gasteiger partial charge in [0.25, 0.3) is 5.56 Å². The molecule has 0 saturated heterocycles. The average molecular weight is 440 g/mol. The molecule has 8 heteroatoms. The molecule has 0 spiro atoms. The van der Waals surface area contributed by atoms with Crippen LogP contribution in [0.25, 0.3) is 0 Å². The first-order valence-corrected chi connectivity index (χ1v) is 10.2. The number of hydrogen-bond acceptors (Lipinski definition) is 7. The van der Waals surface area contributed by atoms with Gasteiger partial charge in [0.15, 0.2) is 11.4 Å². The van der Waals surface area contributed by atoms with Crippen LogP contribution in [0.15, 0.2) is 59.7 Å². The second-order valence-electron chi connectivity index (χ2n) is 6.47. The van der Waals surface area contributed by atoms with Crippen molar-refractivity contribution in [2.75, 3.05) is 26.2 Å². The van der Waals surface area contributed by atoms with Crippen molar-refractivity contribution < 1.29 is 19.0 Å². The Kier molecular flexibility index (Phi) is 9.28. The van der Waals surface area contributed by atoms with Gasteiger partial charge in [-0.2, -0.15) is 0 Å². The van der Waals surface area contributed by atoms with Crippen LogP contribution in [0.3, 0.4) is 0 Å². The van der Waals surface area contributed by atoms with Crippen LogP contribution in [0.2, 0.25) is 0 Å². The number of aromatic amines is 1. The molecular weight excluding hydrogens is 410 g/mol. The topological polar surface area (TPSA) is 93.8 Å². The quantitative estimate of drug-likeness (QED) is 0.534. The molecule has 0 aliphatic carbocycles. The number of anilines is 1. The molecule has 1 N–H and O–H groups in total. The van der Waals surface area contributed by atoms with E-state index in [1.807, 2.05) is 67.3 Å². The van der Waals surface area contributed by atoms with Crippen molar-refractivity contribution in [1.29, 1.82) is 0 Å². The van der Waals surface area contributed by atoms with Gasteiger partial charge in [0.2, 0.25) is 0 Å². The summed E-state index contributed by atoms with van der Waals surface area (Å²) < 4.78 is 15.2. The summed E-state index contributed by atoms with van der Waals surface area (Å²) in [7, 11) is 4.44. The average Bonchev–Trinajstić information content (AvgIpc) is 2.85. The van der Waals surface area contributed by atoms with Crippen LogP contribution < -0.4 is 19.9 Å². The standard InChI is InChI=1S/C22H23N3O5.C2H6/c1-28-17-8-4-15(5-9-17)12-25(13-16-6-10-18(29-2)11-7-16)20-19(22(27)30-3)21(26)24-14-23-20;1-2/h4-11,14H,12-13H2,1-3H3,(H,23,24,26);1-2H3. The Labute approximate surface area is 187 Å². The zero-order chi connectivity index (χ0) is 23.5. The Hall–Kier alpha value is -3.81. The van der Waals surface area contributed by atoms with Gasteiger partial charge < -0.3 is 24.1 Å². The number of methoxy groups -OCH3 is 3. The largest absolute Gasteiger partial charge is 0.497 e. The predicted molar refractivity (Wildman–Crippen MR) is 123 cm³/mol. The predicted octanol–water partition coefficient (Wildman–Crippen LogP) is 3.81. The van der Waals surface area contributed by atoms with Crippen molar-refractivity contribution in [3.8, 4) is 11.5 Å². The van der Waals surface area contributed by atoms with Gasteiger partial charge in [-0.1, -0.05) is 38.1 Å². The summed E-state index contributed by atoms with van der Waals surface area (Å²) in [5.74, 6) is 0.987. The highest BCUT2D eigenvalue weighted by molar-refractivity contribution is 5.94. The summed E-state index contributed by atoms with van der Waals surface area (Å²) in [6.07, 6.45) is 1.28. The first kappa shape index (κ1) is 24.5. The number of nitrogens with one attached hydrogen (secondary N) is 1. The molecule has 0 saturated carbocycles. The minimum atomic E-state index is -0.742. The van der Waals surface area contributed by atoms with Gasteiger partial charge in [-0.15, -0.1) is 0 Å². The normalized spacial score (nSPS) is 9.91. The van der Waals surface area contributed by atoms with E-state index in [4.69, 9.17) is 14.2 Å².